The molecule has 0 heterocycles. The summed E-state index contributed by atoms with van der Waals surface area (Å²) in [5.74, 6) is 0.400. The lowest BCUT2D eigenvalue weighted by atomic mass is 10.2. The average molecular weight is 330 g/mol. The lowest BCUT2D eigenvalue weighted by Gasteiger charge is -2.28. The summed E-state index contributed by atoms with van der Waals surface area (Å²) in [7, 11) is 0. The number of rotatable bonds is 8. The average Bonchev–Trinajstić information content (AvgIpc) is 2.58. The summed E-state index contributed by atoms with van der Waals surface area (Å²) in [6.45, 7) is 5.05. The molecule has 0 atom stereocenters. The van der Waals surface area contributed by atoms with Gasteiger partial charge in [0.1, 0.15) is 18.2 Å². The molecule has 2 rings (SSSR count). The molecule has 0 aliphatic heterocycles. The molecule has 0 aliphatic carbocycles. The van der Waals surface area contributed by atoms with Gasteiger partial charge in [-0.3, -0.25) is 4.79 Å². The monoisotopic (exact) mass is 330 g/mol. The number of ether oxygens (including phenoxy) is 1. The van der Waals surface area contributed by atoms with Gasteiger partial charge in [-0.15, -0.1) is 0 Å². The molecule has 0 aromatic heterocycles. The highest BCUT2D eigenvalue weighted by atomic mass is 19.1. The predicted octanol–water partition coefficient (Wildman–Crippen LogP) is 3.24. The maximum absolute atomic E-state index is 13.0. The Kier molecular flexibility index (Phi) is 6.61. The van der Waals surface area contributed by atoms with Crippen LogP contribution in [-0.2, 0) is 4.79 Å². The number of nitrogens with one attached hydrogen (secondary N) is 1. The van der Waals surface area contributed by atoms with Crippen LogP contribution in [0.4, 0.5) is 10.1 Å². The molecule has 128 valence electrons. The first kappa shape index (κ1) is 17.8. The van der Waals surface area contributed by atoms with E-state index in [0.717, 1.165) is 11.4 Å². The van der Waals surface area contributed by atoms with Gasteiger partial charge in [0.25, 0.3) is 0 Å². The summed E-state index contributed by atoms with van der Waals surface area (Å²) < 4.78 is 18.6. The number of carbonyl (C=O) groups is 1. The second kappa shape index (κ2) is 8.91. The van der Waals surface area contributed by atoms with E-state index >= 15 is 0 Å². The molecule has 4 nitrogen and oxygen atoms in total. The van der Waals surface area contributed by atoms with Crippen LogP contribution in [0, 0.1) is 5.82 Å². The lowest BCUT2D eigenvalue weighted by Crippen LogP contribution is -2.42. The third-order valence-corrected chi connectivity index (χ3v) is 3.53. The molecular weight excluding hydrogens is 307 g/mol. The van der Waals surface area contributed by atoms with Gasteiger partial charge in [-0.25, -0.2) is 4.39 Å². The van der Waals surface area contributed by atoms with Crippen LogP contribution in [0.3, 0.4) is 0 Å². The summed E-state index contributed by atoms with van der Waals surface area (Å²) in [4.78, 5) is 14.1. The van der Waals surface area contributed by atoms with Crippen LogP contribution in [0.15, 0.2) is 54.6 Å². The number of hydrogen-bond donors (Lipinski definition) is 1. The Hall–Kier alpha value is -2.56. The number of amides is 1. The van der Waals surface area contributed by atoms with Crippen LogP contribution < -0.4 is 15.0 Å². The van der Waals surface area contributed by atoms with Gasteiger partial charge < -0.3 is 15.0 Å². The molecule has 0 bridgehead atoms. The van der Waals surface area contributed by atoms with Crippen molar-refractivity contribution in [1.82, 2.24) is 5.32 Å². The molecule has 1 N–H and O–H groups in total. The number of carbonyl (C=O) groups excluding carboxylic acids is 1. The van der Waals surface area contributed by atoms with E-state index in [0.29, 0.717) is 13.2 Å². The number of nitrogens with zero attached hydrogens (tertiary/aromatic N) is 1. The number of benzene rings is 2. The van der Waals surface area contributed by atoms with Gasteiger partial charge in [0, 0.05) is 11.7 Å². The minimum atomic E-state index is -0.287. The van der Waals surface area contributed by atoms with Gasteiger partial charge in [-0.05, 0) is 50.2 Å². The minimum absolute atomic E-state index is 0.0929. The van der Waals surface area contributed by atoms with Crippen molar-refractivity contribution in [3.8, 4) is 5.75 Å². The van der Waals surface area contributed by atoms with Gasteiger partial charge in [-0.1, -0.05) is 18.2 Å². The van der Waals surface area contributed by atoms with E-state index in [4.69, 9.17) is 4.74 Å². The van der Waals surface area contributed by atoms with E-state index in [9.17, 15) is 9.18 Å². The first-order valence-corrected chi connectivity index (χ1v) is 8.03. The van der Waals surface area contributed by atoms with E-state index in [2.05, 4.69) is 5.32 Å². The maximum Gasteiger partial charge on any atom is 0.239 e. The zero-order chi connectivity index (χ0) is 17.4. The first-order chi connectivity index (χ1) is 11.6. The first-order valence-electron chi connectivity index (χ1n) is 8.03. The zero-order valence-corrected chi connectivity index (χ0v) is 14.0. The topological polar surface area (TPSA) is 41.6 Å². The predicted molar refractivity (Wildman–Crippen MR) is 93.8 cm³/mol. The highest BCUT2D eigenvalue weighted by molar-refractivity contribution is 5.81. The number of hydrogen-bond acceptors (Lipinski definition) is 3. The highest BCUT2D eigenvalue weighted by Crippen LogP contribution is 2.17. The molecule has 0 fully saturated rings. The smallest absolute Gasteiger partial charge is 0.239 e. The van der Waals surface area contributed by atoms with Crippen LogP contribution in [0.25, 0.3) is 0 Å². The van der Waals surface area contributed by atoms with Crippen LogP contribution in [-0.4, -0.2) is 31.6 Å². The Labute approximate surface area is 142 Å². The van der Waals surface area contributed by atoms with Crippen LogP contribution in [0.5, 0.6) is 5.75 Å². The lowest BCUT2D eigenvalue weighted by molar-refractivity contribution is -0.119. The van der Waals surface area contributed by atoms with E-state index in [1.54, 1.807) is 12.1 Å². The van der Waals surface area contributed by atoms with Crippen molar-refractivity contribution in [2.75, 3.05) is 24.6 Å². The van der Waals surface area contributed by atoms with E-state index < -0.39 is 0 Å². The molecule has 0 radical (unpaired) electrons. The van der Waals surface area contributed by atoms with Crippen molar-refractivity contribution in [2.24, 2.45) is 0 Å². The molecule has 2 aromatic carbocycles. The van der Waals surface area contributed by atoms with Crippen molar-refractivity contribution in [3.05, 3.63) is 60.4 Å². The molecule has 5 heteroatoms. The molecule has 0 spiro atoms. The fourth-order valence-electron chi connectivity index (χ4n) is 2.29. The van der Waals surface area contributed by atoms with Crippen molar-refractivity contribution < 1.29 is 13.9 Å². The molecular formula is C19H23FN2O2. The Morgan fingerprint density at radius 2 is 1.79 bits per heavy atom. The molecule has 1 amide bonds. The normalized spacial score (nSPS) is 10.5. The van der Waals surface area contributed by atoms with E-state index in [-0.39, 0.29) is 24.3 Å². The number of para-hydroxylation sites is 1. The third kappa shape index (κ3) is 5.57. The van der Waals surface area contributed by atoms with Gasteiger partial charge in [0.2, 0.25) is 5.91 Å². The fraction of sp³-hybridized carbons (Fsp3) is 0.316. The summed E-state index contributed by atoms with van der Waals surface area (Å²) >= 11 is 0. The largest absolute Gasteiger partial charge is 0.492 e. The molecule has 0 unspecified atom stereocenters. The standard InChI is InChI=1S/C19H23FN2O2/c1-15(2)22(17-10-8-16(20)9-11-17)14-19(23)21-12-13-24-18-6-4-3-5-7-18/h3-11,15H,12-14H2,1-2H3,(H,21,23). The van der Waals surface area contributed by atoms with E-state index in [1.807, 2.05) is 49.1 Å². The minimum Gasteiger partial charge on any atom is -0.492 e. The summed E-state index contributed by atoms with van der Waals surface area (Å²) in [6.07, 6.45) is 0. The Balaban J connectivity index is 1.79. The van der Waals surface area contributed by atoms with Crippen LogP contribution >= 0.6 is 0 Å². The van der Waals surface area contributed by atoms with Gasteiger partial charge in [-0.2, -0.15) is 0 Å². The maximum atomic E-state index is 13.0. The van der Waals surface area contributed by atoms with Crippen LogP contribution in [0.1, 0.15) is 13.8 Å². The fourth-order valence-corrected chi connectivity index (χ4v) is 2.29. The summed E-state index contributed by atoms with van der Waals surface area (Å²) in [5, 5.41) is 2.84. The SMILES string of the molecule is CC(C)N(CC(=O)NCCOc1ccccc1)c1ccc(F)cc1. The van der Waals surface area contributed by atoms with Crippen molar-refractivity contribution in [2.45, 2.75) is 19.9 Å². The molecule has 24 heavy (non-hydrogen) atoms. The molecule has 2 aromatic rings. The Morgan fingerprint density at radius 3 is 2.42 bits per heavy atom. The number of halogens is 1. The van der Waals surface area contributed by atoms with Crippen molar-refractivity contribution in [1.29, 1.82) is 0 Å². The molecule has 0 saturated carbocycles. The Morgan fingerprint density at radius 1 is 1.12 bits per heavy atom. The van der Waals surface area contributed by atoms with Crippen molar-refractivity contribution in [3.63, 3.8) is 0 Å². The highest BCUT2D eigenvalue weighted by Gasteiger charge is 2.14. The molecule has 0 aliphatic rings. The molecule has 0 saturated heterocycles. The second-order valence-corrected chi connectivity index (χ2v) is 5.71. The van der Waals surface area contributed by atoms with Crippen molar-refractivity contribution >= 4 is 11.6 Å². The van der Waals surface area contributed by atoms with E-state index in [1.165, 1.54) is 12.1 Å². The Bertz CT molecular complexity index is 630. The summed E-state index contributed by atoms with van der Waals surface area (Å²) in [6, 6.07) is 15.8. The van der Waals surface area contributed by atoms with Crippen LogP contribution in [0.2, 0.25) is 0 Å². The van der Waals surface area contributed by atoms with Gasteiger partial charge in [0.05, 0.1) is 13.1 Å². The third-order valence-electron chi connectivity index (χ3n) is 3.53. The van der Waals surface area contributed by atoms with Gasteiger partial charge >= 0.3 is 0 Å². The summed E-state index contributed by atoms with van der Waals surface area (Å²) in [5.41, 5.74) is 0.821. The zero-order valence-electron chi connectivity index (χ0n) is 14.0. The number of anilines is 1. The quantitative estimate of drug-likeness (QED) is 0.756. The van der Waals surface area contributed by atoms with Gasteiger partial charge in [0.15, 0.2) is 0 Å². The second-order valence-electron chi connectivity index (χ2n) is 5.71.